The Labute approximate surface area is 92.9 Å². The Balaban J connectivity index is 2.16. The Hall–Kier alpha value is -1.69. The highest BCUT2D eigenvalue weighted by atomic mass is 16.5. The van der Waals surface area contributed by atoms with Crippen LogP contribution in [0.2, 0.25) is 0 Å². The van der Waals surface area contributed by atoms with Crippen LogP contribution in [0.3, 0.4) is 0 Å². The van der Waals surface area contributed by atoms with Crippen molar-refractivity contribution in [3.05, 3.63) is 18.2 Å². The van der Waals surface area contributed by atoms with Crippen molar-refractivity contribution in [3.63, 3.8) is 0 Å². The third-order valence-electron chi connectivity index (χ3n) is 2.47. The Morgan fingerprint density at radius 2 is 2.19 bits per heavy atom. The van der Waals surface area contributed by atoms with Gasteiger partial charge in [-0.3, -0.25) is 4.79 Å². The molecule has 1 saturated heterocycles. The Morgan fingerprint density at radius 3 is 2.62 bits per heavy atom. The summed E-state index contributed by atoms with van der Waals surface area (Å²) in [6.07, 6.45) is 3.28. The molecule has 6 heteroatoms. The molecule has 0 saturated carbocycles. The van der Waals surface area contributed by atoms with Crippen LogP contribution in [0.4, 0.5) is 5.69 Å². The molecule has 0 radical (unpaired) electrons. The maximum Gasteiger partial charge on any atom is 0.323 e. The van der Waals surface area contributed by atoms with Crippen molar-refractivity contribution < 1.29 is 14.6 Å². The molecule has 86 valence electrons. The molecule has 0 unspecified atom stereocenters. The summed E-state index contributed by atoms with van der Waals surface area (Å²) in [5.74, 6) is -0.198. The van der Waals surface area contributed by atoms with E-state index in [4.69, 9.17) is 9.84 Å². The van der Waals surface area contributed by atoms with Gasteiger partial charge in [0.05, 0.1) is 37.3 Å². The van der Waals surface area contributed by atoms with Crippen molar-refractivity contribution in [2.24, 2.45) is 0 Å². The Morgan fingerprint density at radius 1 is 1.56 bits per heavy atom. The van der Waals surface area contributed by atoms with Gasteiger partial charge in [-0.25, -0.2) is 9.97 Å². The minimum absolute atomic E-state index is 0.0551. The number of aliphatic carboxylic acids is 1. The van der Waals surface area contributed by atoms with E-state index in [1.165, 1.54) is 0 Å². The minimum Gasteiger partial charge on any atom is -0.480 e. The van der Waals surface area contributed by atoms with E-state index in [2.05, 4.69) is 9.97 Å². The van der Waals surface area contributed by atoms with Crippen LogP contribution in [0, 0.1) is 6.92 Å². The number of aryl methyl sites for hydroxylation is 1. The number of aromatic nitrogens is 2. The number of hydrogen-bond acceptors (Lipinski definition) is 5. The molecule has 0 aromatic carbocycles. The molecule has 0 bridgehead atoms. The quantitative estimate of drug-likeness (QED) is 0.778. The lowest BCUT2D eigenvalue weighted by atomic mass is 10.2. The van der Waals surface area contributed by atoms with Crippen molar-refractivity contribution >= 4 is 11.7 Å². The molecule has 1 N–H and O–H groups in total. The zero-order valence-corrected chi connectivity index (χ0v) is 8.96. The molecule has 2 rings (SSSR count). The van der Waals surface area contributed by atoms with E-state index in [1.807, 2.05) is 0 Å². The molecule has 1 fully saturated rings. The second-order valence-corrected chi connectivity index (χ2v) is 3.70. The predicted molar refractivity (Wildman–Crippen MR) is 56.4 cm³/mol. The molecule has 1 aliphatic rings. The first-order chi connectivity index (χ1) is 7.66. The fraction of sp³-hybridized carbons (Fsp3) is 0.500. The third-order valence-corrected chi connectivity index (χ3v) is 2.47. The second kappa shape index (κ2) is 4.44. The summed E-state index contributed by atoms with van der Waals surface area (Å²) in [5.41, 5.74) is 0.723. The zero-order valence-electron chi connectivity index (χ0n) is 8.96. The van der Waals surface area contributed by atoms with Gasteiger partial charge >= 0.3 is 5.97 Å². The highest BCUT2D eigenvalue weighted by Gasteiger charge is 2.28. The molecular formula is C10H13N3O3. The second-order valence-electron chi connectivity index (χ2n) is 3.70. The normalized spacial score (nSPS) is 15.6. The van der Waals surface area contributed by atoms with Crippen molar-refractivity contribution in [2.75, 3.05) is 24.7 Å². The van der Waals surface area contributed by atoms with E-state index in [1.54, 1.807) is 24.2 Å². The van der Waals surface area contributed by atoms with Gasteiger partial charge in [0.2, 0.25) is 0 Å². The van der Waals surface area contributed by atoms with E-state index < -0.39 is 5.97 Å². The van der Waals surface area contributed by atoms with Gasteiger partial charge in [-0.1, -0.05) is 0 Å². The fourth-order valence-corrected chi connectivity index (χ4v) is 1.51. The lowest BCUT2D eigenvalue weighted by Gasteiger charge is -2.37. The average Bonchev–Trinajstić information content (AvgIpc) is 2.14. The number of rotatable bonds is 4. The summed E-state index contributed by atoms with van der Waals surface area (Å²) in [6, 6.07) is 0.113. The number of carboxylic acids is 1. The molecule has 0 spiro atoms. The number of carbonyl (C=O) groups is 1. The maximum atomic E-state index is 10.8. The average molecular weight is 223 g/mol. The molecule has 6 nitrogen and oxygen atoms in total. The van der Waals surface area contributed by atoms with E-state index in [9.17, 15) is 4.79 Å². The van der Waals surface area contributed by atoms with Crippen LogP contribution in [0.5, 0.6) is 0 Å². The number of anilines is 1. The molecule has 0 amide bonds. The topological polar surface area (TPSA) is 75.6 Å². The van der Waals surface area contributed by atoms with Crippen molar-refractivity contribution in [2.45, 2.75) is 13.0 Å². The number of nitrogens with zero attached hydrogens (tertiary/aromatic N) is 3. The molecule has 16 heavy (non-hydrogen) atoms. The van der Waals surface area contributed by atoms with E-state index in [-0.39, 0.29) is 12.6 Å². The molecular weight excluding hydrogens is 210 g/mol. The van der Waals surface area contributed by atoms with Crippen LogP contribution in [0.15, 0.2) is 12.4 Å². The summed E-state index contributed by atoms with van der Waals surface area (Å²) in [5, 5.41) is 8.85. The van der Waals surface area contributed by atoms with Crippen LogP contribution < -0.4 is 4.90 Å². The van der Waals surface area contributed by atoms with Crippen LogP contribution in [-0.4, -0.2) is 46.8 Å². The van der Waals surface area contributed by atoms with Gasteiger partial charge in [0.15, 0.2) is 0 Å². The first-order valence-electron chi connectivity index (χ1n) is 5.01. The molecule has 0 atom stereocenters. The fourth-order valence-electron chi connectivity index (χ4n) is 1.51. The van der Waals surface area contributed by atoms with Gasteiger partial charge in [0.25, 0.3) is 0 Å². The number of carboxylic acid groups (broad SMARTS) is 1. The zero-order chi connectivity index (χ0) is 11.5. The van der Waals surface area contributed by atoms with Crippen LogP contribution in [0.25, 0.3) is 0 Å². The van der Waals surface area contributed by atoms with E-state index >= 15 is 0 Å². The maximum absolute atomic E-state index is 10.8. The monoisotopic (exact) mass is 223 g/mol. The van der Waals surface area contributed by atoms with Crippen molar-refractivity contribution in [3.8, 4) is 0 Å². The van der Waals surface area contributed by atoms with Gasteiger partial charge in [-0.2, -0.15) is 0 Å². The first-order valence-corrected chi connectivity index (χ1v) is 5.01. The summed E-state index contributed by atoms with van der Waals surface area (Å²) >= 11 is 0. The summed E-state index contributed by atoms with van der Waals surface area (Å²) in [6.45, 7) is 2.85. The standard InChI is InChI=1S/C10H13N3O3/c1-7-11-2-8(3-12-7)13(4-10(14)15)9-5-16-6-9/h2-3,9H,4-6H2,1H3,(H,14,15). The summed E-state index contributed by atoms with van der Waals surface area (Å²) < 4.78 is 5.07. The highest BCUT2D eigenvalue weighted by Crippen LogP contribution is 2.19. The van der Waals surface area contributed by atoms with E-state index in [0.29, 0.717) is 19.0 Å². The first kappa shape index (κ1) is 10.8. The predicted octanol–water partition coefficient (Wildman–Crippen LogP) is 0.0748. The van der Waals surface area contributed by atoms with Gasteiger partial charge < -0.3 is 14.7 Å². The smallest absolute Gasteiger partial charge is 0.323 e. The molecule has 1 aromatic heterocycles. The van der Waals surface area contributed by atoms with Crippen molar-refractivity contribution in [1.82, 2.24) is 9.97 Å². The van der Waals surface area contributed by atoms with Crippen molar-refractivity contribution in [1.29, 1.82) is 0 Å². The van der Waals surface area contributed by atoms with Gasteiger partial charge in [-0.05, 0) is 6.92 Å². The highest BCUT2D eigenvalue weighted by molar-refractivity contribution is 5.73. The SMILES string of the molecule is Cc1ncc(N(CC(=O)O)C2COC2)cn1. The van der Waals surface area contributed by atoms with Crippen LogP contribution in [-0.2, 0) is 9.53 Å². The molecule has 1 aromatic rings. The third kappa shape index (κ3) is 2.27. The Bertz CT molecular complexity index is 375. The lowest BCUT2D eigenvalue weighted by Crippen LogP contribution is -2.51. The molecule has 1 aliphatic heterocycles. The van der Waals surface area contributed by atoms with Gasteiger partial charge in [-0.15, -0.1) is 0 Å². The van der Waals surface area contributed by atoms with Crippen LogP contribution in [0.1, 0.15) is 5.82 Å². The number of hydrogen-bond donors (Lipinski definition) is 1. The minimum atomic E-state index is -0.868. The molecule has 2 heterocycles. The lowest BCUT2D eigenvalue weighted by molar-refractivity contribution is -0.135. The Kier molecular flexibility index (Phi) is 3.00. The number of ether oxygens (including phenoxy) is 1. The summed E-state index contributed by atoms with van der Waals surface area (Å²) in [4.78, 5) is 20.6. The largest absolute Gasteiger partial charge is 0.480 e. The van der Waals surface area contributed by atoms with Gasteiger partial charge in [0.1, 0.15) is 12.4 Å². The summed E-state index contributed by atoms with van der Waals surface area (Å²) in [7, 11) is 0. The van der Waals surface area contributed by atoms with Crippen LogP contribution >= 0.6 is 0 Å². The molecule has 0 aliphatic carbocycles. The van der Waals surface area contributed by atoms with E-state index in [0.717, 1.165) is 5.69 Å². The van der Waals surface area contributed by atoms with Gasteiger partial charge in [0, 0.05) is 0 Å².